The van der Waals surface area contributed by atoms with Crippen LogP contribution in [0.5, 0.6) is 5.75 Å². The van der Waals surface area contributed by atoms with Crippen LogP contribution in [0.2, 0.25) is 0 Å². The number of nitrogens with zero attached hydrogens (tertiary/aromatic N) is 1. The molecule has 3 aliphatic rings. The molecular weight excluding hydrogens is 689 g/mol. The minimum absolute atomic E-state index is 0.221. The molecule has 0 amide bonds. The molecule has 0 atom stereocenters. The van der Waals surface area contributed by atoms with Gasteiger partial charge in [-0.05, 0) is 128 Å². The topological polar surface area (TPSA) is 12.5 Å². The first-order valence-electron chi connectivity index (χ1n) is 20.9. The molecule has 0 radical (unpaired) electrons. The molecule has 0 aromatic heterocycles. The number of rotatable bonds is 5. The van der Waals surface area contributed by atoms with E-state index in [-0.39, 0.29) is 6.92 Å². The Kier molecular flexibility index (Phi) is 8.20. The number of anilines is 3. The van der Waals surface area contributed by atoms with Gasteiger partial charge in [-0.1, -0.05) is 162 Å². The standard InChI is InChI=1S/C54H50BNO/c1-32(2)37-29-42(33(3)4)53(43(30-37)34(5)6)55-49-24-23-38(31-44(49)41-17-11-14-20-52(41)57-55)56-50-25-21-35(7)27-47(50)54(48-28-36(8)22-26-51(48)56)45-18-12-9-15-39(45)40-16-10-13-19-46(40)54/h9-34H,1-8H3. The summed E-state index contributed by atoms with van der Waals surface area (Å²) in [6, 6.07) is 53.0. The van der Waals surface area contributed by atoms with Gasteiger partial charge in [0.1, 0.15) is 5.75 Å². The average Bonchev–Trinajstić information content (AvgIpc) is 3.51. The highest BCUT2D eigenvalue weighted by Crippen LogP contribution is 2.63. The fraction of sp³-hybridized carbons (Fsp3) is 0.222. The van der Waals surface area contributed by atoms with Crippen molar-refractivity contribution < 1.29 is 4.65 Å². The number of para-hydroxylation sites is 1. The molecule has 2 heterocycles. The van der Waals surface area contributed by atoms with Crippen molar-refractivity contribution in [2.24, 2.45) is 0 Å². The number of benzene rings is 7. The van der Waals surface area contributed by atoms with Gasteiger partial charge in [-0.3, -0.25) is 0 Å². The largest absolute Gasteiger partial charge is 0.551 e. The highest BCUT2D eigenvalue weighted by atomic mass is 16.4. The van der Waals surface area contributed by atoms with Crippen LogP contribution in [0.1, 0.15) is 109 Å². The highest BCUT2D eigenvalue weighted by molar-refractivity contribution is 6.83. The molecule has 1 spiro atoms. The van der Waals surface area contributed by atoms with Gasteiger partial charge in [0.05, 0.1) is 16.8 Å². The fourth-order valence-corrected chi connectivity index (χ4v) is 10.3. The third kappa shape index (κ3) is 5.17. The summed E-state index contributed by atoms with van der Waals surface area (Å²) in [5.41, 5.74) is 22.7. The van der Waals surface area contributed by atoms with E-state index in [2.05, 4.69) is 200 Å². The van der Waals surface area contributed by atoms with E-state index in [4.69, 9.17) is 4.65 Å². The molecule has 7 aromatic carbocycles. The fourth-order valence-electron chi connectivity index (χ4n) is 10.3. The van der Waals surface area contributed by atoms with Crippen LogP contribution >= 0.6 is 0 Å². The Hall–Kier alpha value is -5.80. The Morgan fingerprint density at radius 3 is 1.56 bits per heavy atom. The molecule has 0 bridgehead atoms. The maximum absolute atomic E-state index is 7.17. The van der Waals surface area contributed by atoms with Crippen molar-refractivity contribution in [1.29, 1.82) is 0 Å². The maximum atomic E-state index is 7.17. The summed E-state index contributed by atoms with van der Waals surface area (Å²) >= 11 is 0. The van der Waals surface area contributed by atoms with Crippen LogP contribution in [-0.4, -0.2) is 6.92 Å². The Bertz CT molecular complexity index is 2620. The molecule has 3 heteroatoms. The Morgan fingerprint density at radius 1 is 0.491 bits per heavy atom. The summed E-state index contributed by atoms with van der Waals surface area (Å²) < 4.78 is 7.17. The summed E-state index contributed by atoms with van der Waals surface area (Å²) in [7, 11) is 0. The highest BCUT2D eigenvalue weighted by Gasteiger charge is 2.52. The summed E-state index contributed by atoms with van der Waals surface area (Å²) in [6.45, 7) is 18.2. The second-order valence-electron chi connectivity index (χ2n) is 17.6. The number of hydrogen-bond acceptors (Lipinski definition) is 2. The third-order valence-corrected chi connectivity index (χ3v) is 13.0. The van der Waals surface area contributed by atoms with Gasteiger partial charge in [-0.2, -0.15) is 0 Å². The number of aryl methyl sites for hydroxylation is 2. The van der Waals surface area contributed by atoms with E-state index in [0.717, 1.165) is 17.0 Å². The lowest BCUT2D eigenvalue weighted by Gasteiger charge is -2.45. The molecule has 2 nitrogen and oxygen atoms in total. The predicted molar refractivity (Wildman–Crippen MR) is 241 cm³/mol. The Balaban J connectivity index is 1.23. The minimum Gasteiger partial charge on any atom is -0.551 e. The molecule has 57 heavy (non-hydrogen) atoms. The van der Waals surface area contributed by atoms with Crippen molar-refractivity contribution in [1.82, 2.24) is 0 Å². The van der Waals surface area contributed by atoms with Crippen LogP contribution in [-0.2, 0) is 5.41 Å². The van der Waals surface area contributed by atoms with Crippen molar-refractivity contribution in [2.75, 3.05) is 4.90 Å². The van der Waals surface area contributed by atoms with Gasteiger partial charge >= 0.3 is 6.92 Å². The van der Waals surface area contributed by atoms with Crippen LogP contribution in [0.25, 0.3) is 22.3 Å². The van der Waals surface area contributed by atoms with Gasteiger partial charge in [0, 0.05) is 11.3 Å². The van der Waals surface area contributed by atoms with Crippen LogP contribution in [0.4, 0.5) is 17.1 Å². The zero-order chi connectivity index (χ0) is 39.3. The van der Waals surface area contributed by atoms with Crippen molar-refractivity contribution in [2.45, 2.75) is 78.6 Å². The lowest BCUT2D eigenvalue weighted by Crippen LogP contribution is -2.53. The second-order valence-corrected chi connectivity index (χ2v) is 17.6. The quantitative estimate of drug-likeness (QED) is 0.163. The lowest BCUT2D eigenvalue weighted by molar-refractivity contribution is 0.588. The van der Waals surface area contributed by atoms with Gasteiger partial charge in [0.15, 0.2) is 0 Å². The molecule has 10 rings (SSSR count). The summed E-state index contributed by atoms with van der Waals surface area (Å²) in [4.78, 5) is 2.53. The summed E-state index contributed by atoms with van der Waals surface area (Å²) in [5.74, 6) is 2.09. The van der Waals surface area contributed by atoms with Gasteiger partial charge in [0.2, 0.25) is 0 Å². The van der Waals surface area contributed by atoms with Crippen molar-refractivity contribution in [3.05, 3.63) is 190 Å². The van der Waals surface area contributed by atoms with E-state index in [1.54, 1.807) is 0 Å². The molecular formula is C54H50BNO. The van der Waals surface area contributed by atoms with E-state index in [9.17, 15) is 0 Å². The Morgan fingerprint density at radius 2 is 1.02 bits per heavy atom. The SMILES string of the molecule is Cc1ccc2c(c1)C1(c3ccccc3-c3ccccc31)c1cc(C)ccc1N2c1ccc2c(c1)-c1ccccc1OB2c1c(C(C)C)cc(C(C)C)cc1C(C)C. The zero-order valence-corrected chi connectivity index (χ0v) is 34.4. The van der Waals surface area contributed by atoms with Crippen molar-refractivity contribution >= 4 is 34.9 Å². The molecule has 2 aliphatic heterocycles. The Labute approximate surface area is 339 Å². The molecule has 0 fully saturated rings. The normalized spacial score (nSPS) is 14.3. The number of hydrogen-bond donors (Lipinski definition) is 0. The summed E-state index contributed by atoms with van der Waals surface area (Å²) in [6.07, 6.45) is 0. The zero-order valence-electron chi connectivity index (χ0n) is 34.4. The van der Waals surface area contributed by atoms with Gasteiger partial charge in [-0.25, -0.2) is 0 Å². The molecule has 0 saturated carbocycles. The first-order valence-corrected chi connectivity index (χ1v) is 20.9. The first-order chi connectivity index (χ1) is 27.6. The molecule has 0 saturated heterocycles. The van der Waals surface area contributed by atoms with E-state index < -0.39 is 5.41 Å². The van der Waals surface area contributed by atoms with E-state index in [1.165, 1.54) is 89.1 Å². The third-order valence-electron chi connectivity index (χ3n) is 13.0. The maximum Gasteiger partial charge on any atom is 0.427 e. The van der Waals surface area contributed by atoms with E-state index >= 15 is 0 Å². The van der Waals surface area contributed by atoms with Gasteiger partial charge < -0.3 is 9.55 Å². The van der Waals surface area contributed by atoms with Crippen molar-refractivity contribution in [3.63, 3.8) is 0 Å². The number of fused-ring (bicyclic) bond motifs is 12. The smallest absolute Gasteiger partial charge is 0.427 e. The first kappa shape index (κ1) is 35.6. The predicted octanol–water partition coefficient (Wildman–Crippen LogP) is 13.0. The van der Waals surface area contributed by atoms with Gasteiger partial charge in [0.25, 0.3) is 0 Å². The molecule has 1 aliphatic carbocycles. The summed E-state index contributed by atoms with van der Waals surface area (Å²) in [5, 5.41) is 0. The minimum atomic E-state index is -0.450. The van der Waals surface area contributed by atoms with Gasteiger partial charge in [-0.15, -0.1) is 0 Å². The molecule has 0 N–H and O–H groups in total. The lowest BCUT2D eigenvalue weighted by atomic mass is 9.49. The van der Waals surface area contributed by atoms with E-state index in [1.807, 2.05) is 0 Å². The van der Waals surface area contributed by atoms with Crippen LogP contribution in [0.15, 0.2) is 140 Å². The van der Waals surface area contributed by atoms with Crippen LogP contribution in [0.3, 0.4) is 0 Å². The average molecular weight is 740 g/mol. The van der Waals surface area contributed by atoms with Crippen LogP contribution < -0.4 is 20.5 Å². The molecule has 280 valence electrons. The monoisotopic (exact) mass is 739 g/mol. The van der Waals surface area contributed by atoms with Crippen molar-refractivity contribution in [3.8, 4) is 28.0 Å². The van der Waals surface area contributed by atoms with E-state index in [0.29, 0.717) is 17.8 Å². The van der Waals surface area contributed by atoms with Crippen LogP contribution in [0, 0.1) is 13.8 Å². The molecule has 7 aromatic rings. The molecule has 0 unspecified atom stereocenters. The second kappa shape index (κ2) is 13.1.